The largest absolute Gasteiger partial charge is 0.301 e. The molecule has 0 radical (unpaired) electrons. The smallest absolute Gasteiger partial charge is 0.260 e. The maximum atomic E-state index is 12.7. The van der Waals surface area contributed by atoms with Crippen LogP contribution in [0.3, 0.4) is 0 Å². The summed E-state index contributed by atoms with van der Waals surface area (Å²) < 4.78 is 0. The van der Waals surface area contributed by atoms with Crippen LogP contribution in [0.4, 0.5) is 0 Å². The molecule has 3 nitrogen and oxygen atoms in total. The maximum absolute atomic E-state index is 12.7. The standard InChI is InChI=1S/C20H14Cl2N2OS2/c1-11-2-4-12(5-3-11)15-10-26-19-17(15)18(25)23-20(24-19)27-9-13-6-7-14(21)8-16(13)22/h2-8,10H,9H2,1H3,(H,23,24,25). The number of nitrogens with one attached hydrogen (secondary N) is 1. The molecule has 0 spiro atoms. The van der Waals surface area contributed by atoms with Gasteiger partial charge in [0.25, 0.3) is 5.56 Å². The van der Waals surface area contributed by atoms with E-state index in [0.29, 0.717) is 26.3 Å². The maximum Gasteiger partial charge on any atom is 0.260 e. The van der Waals surface area contributed by atoms with Crippen molar-refractivity contribution in [2.45, 2.75) is 17.8 Å². The molecule has 2 aromatic heterocycles. The zero-order valence-corrected chi connectivity index (χ0v) is 17.4. The number of thioether (sulfide) groups is 1. The fraction of sp³-hybridized carbons (Fsp3) is 0.100. The van der Waals surface area contributed by atoms with Crippen LogP contribution in [0.5, 0.6) is 0 Å². The second kappa shape index (κ2) is 7.68. The fourth-order valence-electron chi connectivity index (χ4n) is 2.73. The second-order valence-corrected chi connectivity index (χ2v) is 8.76. The Labute approximate surface area is 174 Å². The number of thiophene rings is 1. The Hall–Kier alpha value is -1.79. The molecule has 0 aliphatic rings. The highest BCUT2D eigenvalue weighted by Gasteiger charge is 2.13. The Kier molecular flexibility index (Phi) is 5.28. The molecule has 0 aliphatic heterocycles. The van der Waals surface area contributed by atoms with E-state index in [2.05, 4.69) is 9.97 Å². The van der Waals surface area contributed by atoms with E-state index >= 15 is 0 Å². The number of hydrogen-bond acceptors (Lipinski definition) is 4. The molecule has 1 N–H and O–H groups in total. The van der Waals surface area contributed by atoms with Crippen molar-refractivity contribution < 1.29 is 0 Å². The number of nitrogens with zero attached hydrogens (tertiary/aromatic N) is 1. The molecule has 0 saturated heterocycles. The van der Waals surface area contributed by atoms with Gasteiger partial charge in [-0.3, -0.25) is 4.79 Å². The molecule has 0 atom stereocenters. The fourth-order valence-corrected chi connectivity index (χ4v) is 5.15. The summed E-state index contributed by atoms with van der Waals surface area (Å²) in [6, 6.07) is 13.5. The third-order valence-corrected chi connectivity index (χ3v) is 6.55. The van der Waals surface area contributed by atoms with Crippen molar-refractivity contribution in [1.82, 2.24) is 9.97 Å². The zero-order chi connectivity index (χ0) is 19.0. The van der Waals surface area contributed by atoms with E-state index in [-0.39, 0.29) is 5.56 Å². The van der Waals surface area contributed by atoms with E-state index in [1.807, 2.05) is 42.6 Å². The summed E-state index contributed by atoms with van der Waals surface area (Å²) in [4.78, 5) is 20.9. The normalized spacial score (nSPS) is 11.2. The quantitative estimate of drug-likeness (QED) is 0.293. The molecule has 27 heavy (non-hydrogen) atoms. The highest BCUT2D eigenvalue weighted by Crippen LogP contribution is 2.32. The van der Waals surface area contributed by atoms with Crippen molar-refractivity contribution in [3.05, 3.63) is 79.4 Å². The van der Waals surface area contributed by atoms with Crippen molar-refractivity contribution in [2.75, 3.05) is 0 Å². The van der Waals surface area contributed by atoms with Crippen LogP contribution in [-0.2, 0) is 5.75 Å². The lowest BCUT2D eigenvalue weighted by Crippen LogP contribution is -2.08. The van der Waals surface area contributed by atoms with Crippen molar-refractivity contribution in [3.63, 3.8) is 0 Å². The highest BCUT2D eigenvalue weighted by atomic mass is 35.5. The van der Waals surface area contributed by atoms with Gasteiger partial charge in [0.15, 0.2) is 5.16 Å². The molecule has 136 valence electrons. The predicted molar refractivity (Wildman–Crippen MR) is 116 cm³/mol. The van der Waals surface area contributed by atoms with Crippen molar-refractivity contribution in [3.8, 4) is 11.1 Å². The molecule has 0 aliphatic carbocycles. The molecule has 0 fully saturated rings. The molecule has 4 rings (SSSR count). The molecule has 2 aromatic carbocycles. The van der Waals surface area contributed by atoms with E-state index in [9.17, 15) is 4.79 Å². The van der Waals surface area contributed by atoms with Crippen molar-refractivity contribution in [1.29, 1.82) is 0 Å². The van der Waals surface area contributed by atoms with Crippen molar-refractivity contribution >= 4 is 56.5 Å². The molecule has 0 saturated carbocycles. The second-order valence-electron chi connectivity index (χ2n) is 6.09. The van der Waals surface area contributed by atoms with Gasteiger partial charge in [-0.15, -0.1) is 11.3 Å². The lowest BCUT2D eigenvalue weighted by Gasteiger charge is -2.05. The summed E-state index contributed by atoms with van der Waals surface area (Å²) in [5.41, 5.74) is 3.94. The van der Waals surface area contributed by atoms with Crippen LogP contribution >= 0.6 is 46.3 Å². The molecular weight excluding hydrogens is 419 g/mol. The topological polar surface area (TPSA) is 45.8 Å². The third kappa shape index (κ3) is 3.92. The van der Waals surface area contributed by atoms with Gasteiger partial charge in [-0.2, -0.15) is 0 Å². The summed E-state index contributed by atoms with van der Waals surface area (Å²) in [7, 11) is 0. The monoisotopic (exact) mass is 432 g/mol. The van der Waals surface area contributed by atoms with Crippen LogP contribution < -0.4 is 5.56 Å². The number of rotatable bonds is 4. The van der Waals surface area contributed by atoms with E-state index in [4.69, 9.17) is 23.2 Å². The number of aromatic amines is 1. The summed E-state index contributed by atoms with van der Waals surface area (Å²) in [5.74, 6) is 0.598. The average molecular weight is 433 g/mol. The first-order chi connectivity index (χ1) is 13.0. The molecule has 0 bridgehead atoms. The number of hydrogen-bond donors (Lipinski definition) is 1. The minimum atomic E-state index is -0.124. The van der Waals surface area contributed by atoms with Crippen LogP contribution in [0.25, 0.3) is 21.3 Å². The Bertz CT molecular complexity index is 1180. The van der Waals surface area contributed by atoms with E-state index in [1.165, 1.54) is 28.7 Å². The van der Waals surface area contributed by atoms with Gasteiger partial charge in [0, 0.05) is 26.7 Å². The van der Waals surface area contributed by atoms with Gasteiger partial charge < -0.3 is 4.98 Å². The highest BCUT2D eigenvalue weighted by molar-refractivity contribution is 7.98. The number of aromatic nitrogens is 2. The van der Waals surface area contributed by atoms with Crippen LogP contribution in [0.1, 0.15) is 11.1 Å². The number of H-pyrrole nitrogens is 1. The number of benzene rings is 2. The SMILES string of the molecule is Cc1ccc(-c2csc3nc(SCc4ccc(Cl)cc4Cl)[nH]c(=O)c23)cc1. The van der Waals surface area contributed by atoms with E-state index < -0.39 is 0 Å². The van der Waals surface area contributed by atoms with Gasteiger partial charge in [0.05, 0.1) is 5.39 Å². The Balaban J connectivity index is 1.65. The number of aryl methyl sites for hydroxylation is 1. The third-order valence-electron chi connectivity index (χ3n) is 4.16. The Morgan fingerprint density at radius 3 is 2.67 bits per heavy atom. The summed E-state index contributed by atoms with van der Waals surface area (Å²) in [5, 5.41) is 4.41. The van der Waals surface area contributed by atoms with Crippen LogP contribution in [0.15, 0.2) is 57.8 Å². The van der Waals surface area contributed by atoms with Gasteiger partial charge in [-0.05, 0) is 30.2 Å². The molecular formula is C20H14Cl2N2OS2. The van der Waals surface area contributed by atoms with Crippen LogP contribution in [-0.4, -0.2) is 9.97 Å². The van der Waals surface area contributed by atoms with E-state index in [1.54, 1.807) is 12.1 Å². The van der Waals surface area contributed by atoms with Crippen molar-refractivity contribution in [2.24, 2.45) is 0 Å². The van der Waals surface area contributed by atoms with Crippen LogP contribution in [0.2, 0.25) is 10.0 Å². The first-order valence-electron chi connectivity index (χ1n) is 8.16. The molecule has 2 heterocycles. The summed E-state index contributed by atoms with van der Waals surface area (Å²) in [6.45, 7) is 2.04. The number of fused-ring (bicyclic) bond motifs is 1. The van der Waals surface area contributed by atoms with Crippen LogP contribution in [0, 0.1) is 6.92 Å². The lowest BCUT2D eigenvalue weighted by molar-refractivity contribution is 0.980. The van der Waals surface area contributed by atoms with Gasteiger partial charge >= 0.3 is 0 Å². The molecule has 0 unspecified atom stereocenters. The van der Waals surface area contributed by atoms with Gasteiger partial charge in [-0.25, -0.2) is 4.98 Å². The number of halogens is 2. The van der Waals surface area contributed by atoms with Gasteiger partial charge in [0.1, 0.15) is 4.83 Å². The predicted octanol–water partition coefficient (Wildman–Crippen LogP) is 6.56. The summed E-state index contributed by atoms with van der Waals surface area (Å²) >= 11 is 15.1. The first-order valence-corrected chi connectivity index (χ1v) is 10.8. The lowest BCUT2D eigenvalue weighted by atomic mass is 10.1. The molecule has 0 amide bonds. The first kappa shape index (κ1) is 18.6. The van der Waals surface area contributed by atoms with Gasteiger partial charge in [-0.1, -0.05) is 70.9 Å². The zero-order valence-electron chi connectivity index (χ0n) is 14.3. The van der Waals surface area contributed by atoms with E-state index in [0.717, 1.165) is 21.5 Å². The molecule has 4 aromatic rings. The Morgan fingerprint density at radius 2 is 1.93 bits per heavy atom. The minimum absolute atomic E-state index is 0.124. The Morgan fingerprint density at radius 1 is 1.15 bits per heavy atom. The minimum Gasteiger partial charge on any atom is -0.301 e. The summed E-state index contributed by atoms with van der Waals surface area (Å²) in [6.07, 6.45) is 0. The average Bonchev–Trinajstić information content (AvgIpc) is 3.06. The van der Waals surface area contributed by atoms with Gasteiger partial charge in [0.2, 0.25) is 0 Å². The molecule has 7 heteroatoms.